The number of hydrogen-bond acceptors (Lipinski definition) is 7. The summed E-state index contributed by atoms with van der Waals surface area (Å²) in [6.45, 7) is 3.32. The van der Waals surface area contributed by atoms with E-state index in [1.165, 1.54) is 0 Å². The van der Waals surface area contributed by atoms with Crippen molar-refractivity contribution >= 4 is 36.4 Å². The molecule has 1 saturated heterocycles. The highest BCUT2D eigenvalue weighted by atomic mass is 35.5. The van der Waals surface area contributed by atoms with Gasteiger partial charge in [-0.25, -0.2) is 0 Å². The average molecular weight is 386 g/mol. The van der Waals surface area contributed by atoms with Crippen LogP contribution < -0.4 is 16.0 Å². The number of anilines is 2. The van der Waals surface area contributed by atoms with Crippen LogP contribution in [0.25, 0.3) is 0 Å². The summed E-state index contributed by atoms with van der Waals surface area (Å²) in [5, 5.41) is 19.4. The molecule has 0 amide bonds. The van der Waals surface area contributed by atoms with Crippen LogP contribution >= 0.6 is 24.8 Å². The van der Waals surface area contributed by atoms with Gasteiger partial charge in [0.05, 0.1) is 30.9 Å². The average Bonchev–Trinajstić information content (AvgIpc) is 3.11. The van der Waals surface area contributed by atoms with Gasteiger partial charge in [-0.2, -0.15) is 10.2 Å². The molecule has 1 unspecified atom stereocenters. The Bertz CT molecular complexity index is 680. The summed E-state index contributed by atoms with van der Waals surface area (Å²) in [6, 6.07) is 9.13. The normalized spacial score (nSPS) is 14.6. The fourth-order valence-corrected chi connectivity index (χ4v) is 2.41. The molecule has 0 saturated carbocycles. The van der Waals surface area contributed by atoms with Crippen LogP contribution in [0.1, 0.15) is 17.4 Å². The Morgan fingerprint density at radius 3 is 2.56 bits per heavy atom. The Hall–Kier alpha value is -2.05. The second-order valence-corrected chi connectivity index (χ2v) is 5.24. The monoisotopic (exact) mass is 385 g/mol. The Morgan fingerprint density at radius 1 is 1.28 bits per heavy atom. The van der Waals surface area contributed by atoms with Gasteiger partial charge in [0.25, 0.3) is 0 Å². The van der Waals surface area contributed by atoms with Crippen molar-refractivity contribution in [1.82, 2.24) is 15.2 Å². The van der Waals surface area contributed by atoms with E-state index in [-0.39, 0.29) is 30.9 Å². The van der Waals surface area contributed by atoms with Gasteiger partial charge in [0.2, 0.25) is 5.95 Å². The van der Waals surface area contributed by atoms with E-state index >= 15 is 0 Å². The lowest BCUT2D eigenvalue weighted by Gasteiger charge is -2.25. The fourth-order valence-electron chi connectivity index (χ4n) is 2.41. The molecule has 8 nitrogen and oxygen atoms in total. The second-order valence-electron chi connectivity index (χ2n) is 5.24. The molecule has 1 fully saturated rings. The molecule has 0 aliphatic carbocycles. The predicted octanol–water partition coefficient (Wildman–Crippen LogP) is 1.47. The molecule has 3 rings (SSSR count). The van der Waals surface area contributed by atoms with Gasteiger partial charge < -0.3 is 20.7 Å². The number of H-pyrrole nitrogens is 1. The van der Waals surface area contributed by atoms with Crippen LogP contribution in [0, 0.1) is 11.3 Å². The van der Waals surface area contributed by atoms with Crippen LogP contribution in [-0.4, -0.2) is 48.0 Å². The van der Waals surface area contributed by atoms with Crippen molar-refractivity contribution in [3.8, 4) is 6.07 Å². The molecule has 0 spiro atoms. The van der Waals surface area contributed by atoms with Crippen molar-refractivity contribution in [2.24, 2.45) is 5.73 Å². The highest BCUT2D eigenvalue weighted by molar-refractivity contribution is 5.85. The molecule has 1 aromatic heterocycles. The van der Waals surface area contributed by atoms with E-state index in [2.05, 4.69) is 31.5 Å². The molecule has 25 heavy (non-hydrogen) atoms. The molecule has 2 aromatic rings. The molecule has 0 radical (unpaired) electrons. The smallest absolute Gasteiger partial charge is 0.244 e. The highest BCUT2D eigenvalue weighted by Gasteiger charge is 2.19. The molecule has 4 N–H and O–H groups in total. The van der Waals surface area contributed by atoms with Crippen LogP contribution in [0.4, 0.5) is 11.6 Å². The number of nitrogens with two attached hydrogens (primary N) is 1. The molecule has 136 valence electrons. The number of ether oxygens (including phenoxy) is 1. The largest absolute Gasteiger partial charge is 0.378 e. The quantitative estimate of drug-likeness (QED) is 0.713. The third-order valence-electron chi connectivity index (χ3n) is 3.71. The maximum absolute atomic E-state index is 8.83. The number of benzene rings is 1. The van der Waals surface area contributed by atoms with Crippen LogP contribution in [0.15, 0.2) is 24.3 Å². The van der Waals surface area contributed by atoms with Gasteiger partial charge >= 0.3 is 0 Å². The van der Waals surface area contributed by atoms with Crippen molar-refractivity contribution in [3.63, 3.8) is 0 Å². The molecule has 1 aliphatic rings. The van der Waals surface area contributed by atoms with Gasteiger partial charge in [0.1, 0.15) is 5.82 Å². The van der Waals surface area contributed by atoms with Gasteiger partial charge in [0, 0.05) is 25.3 Å². The van der Waals surface area contributed by atoms with E-state index in [1.54, 1.807) is 12.1 Å². The Kier molecular flexibility index (Phi) is 8.45. The van der Waals surface area contributed by atoms with Gasteiger partial charge in [-0.3, -0.25) is 5.10 Å². The Morgan fingerprint density at radius 2 is 1.96 bits per heavy atom. The van der Waals surface area contributed by atoms with E-state index in [0.717, 1.165) is 18.8 Å². The zero-order chi connectivity index (χ0) is 16.1. The summed E-state index contributed by atoms with van der Waals surface area (Å²) >= 11 is 0. The lowest BCUT2D eigenvalue weighted by molar-refractivity contribution is 0.122. The molecule has 1 aromatic carbocycles. The second kappa shape index (κ2) is 10.1. The summed E-state index contributed by atoms with van der Waals surface area (Å²) in [5.41, 5.74) is 7.36. The number of rotatable bonds is 5. The van der Waals surface area contributed by atoms with Crippen molar-refractivity contribution in [2.75, 3.05) is 43.1 Å². The topological polar surface area (TPSA) is 116 Å². The van der Waals surface area contributed by atoms with E-state index in [1.807, 2.05) is 12.1 Å². The summed E-state index contributed by atoms with van der Waals surface area (Å²) in [4.78, 5) is 6.63. The van der Waals surface area contributed by atoms with Crippen molar-refractivity contribution < 1.29 is 4.74 Å². The van der Waals surface area contributed by atoms with Gasteiger partial charge in [-0.05, 0) is 24.3 Å². The molecule has 10 heteroatoms. The first-order chi connectivity index (χ1) is 11.3. The third kappa shape index (κ3) is 5.21. The first-order valence-electron chi connectivity index (χ1n) is 7.52. The molecule has 1 atom stereocenters. The number of nitrogens with zero attached hydrogens (tertiary/aromatic N) is 4. The third-order valence-corrected chi connectivity index (χ3v) is 3.71. The maximum atomic E-state index is 8.83. The maximum Gasteiger partial charge on any atom is 0.244 e. The van der Waals surface area contributed by atoms with Crippen LogP contribution in [0.3, 0.4) is 0 Å². The minimum atomic E-state index is -0.176. The van der Waals surface area contributed by atoms with Gasteiger partial charge in [-0.1, -0.05) is 0 Å². The van der Waals surface area contributed by atoms with Crippen molar-refractivity contribution in [3.05, 3.63) is 35.7 Å². The molecular formula is C15H21Cl2N7O. The zero-order valence-corrected chi connectivity index (χ0v) is 15.1. The van der Waals surface area contributed by atoms with Crippen LogP contribution in [0.2, 0.25) is 0 Å². The number of nitriles is 1. The molecular weight excluding hydrogens is 365 g/mol. The van der Waals surface area contributed by atoms with Crippen molar-refractivity contribution in [1.29, 1.82) is 5.26 Å². The number of morpholine rings is 1. The minimum absolute atomic E-state index is 0. The first-order valence-corrected chi connectivity index (χ1v) is 7.52. The lowest BCUT2D eigenvalue weighted by atomic mass is 10.2. The summed E-state index contributed by atoms with van der Waals surface area (Å²) in [6.07, 6.45) is 0. The van der Waals surface area contributed by atoms with Crippen molar-refractivity contribution in [2.45, 2.75) is 6.04 Å². The SMILES string of the molecule is Cl.Cl.N#Cc1ccc(NC(CN)c2nc(N3CCOCC3)n[nH]2)cc1. The number of aromatic nitrogens is 3. The van der Waals surface area contributed by atoms with Gasteiger partial charge in [-0.15, -0.1) is 29.9 Å². The van der Waals surface area contributed by atoms with E-state index in [0.29, 0.717) is 37.1 Å². The Labute approximate surface area is 158 Å². The zero-order valence-electron chi connectivity index (χ0n) is 13.5. The van der Waals surface area contributed by atoms with Gasteiger partial charge in [0.15, 0.2) is 0 Å². The number of nitrogens with one attached hydrogen (secondary N) is 2. The van der Waals surface area contributed by atoms with Crippen LogP contribution in [0.5, 0.6) is 0 Å². The highest BCUT2D eigenvalue weighted by Crippen LogP contribution is 2.19. The molecule has 2 heterocycles. The first kappa shape index (κ1) is 21.0. The number of hydrogen-bond donors (Lipinski definition) is 3. The fraction of sp³-hybridized carbons (Fsp3) is 0.400. The van der Waals surface area contributed by atoms with Crippen LogP contribution in [-0.2, 0) is 4.74 Å². The standard InChI is InChI=1S/C15H19N7O.2ClH/c16-9-11-1-3-12(4-2-11)18-13(10-17)14-19-15(21-20-14)22-5-7-23-8-6-22;;/h1-4,13,18H,5-8,10,17H2,(H,19,20,21);2*1H. The van der Waals surface area contributed by atoms with E-state index < -0.39 is 0 Å². The summed E-state index contributed by atoms with van der Waals surface area (Å²) in [5.74, 6) is 1.36. The summed E-state index contributed by atoms with van der Waals surface area (Å²) in [7, 11) is 0. The number of halogens is 2. The Balaban J connectivity index is 0.00000156. The predicted molar refractivity (Wildman–Crippen MR) is 100 cm³/mol. The van der Waals surface area contributed by atoms with E-state index in [9.17, 15) is 0 Å². The number of aromatic amines is 1. The minimum Gasteiger partial charge on any atom is -0.378 e. The van der Waals surface area contributed by atoms with E-state index in [4.69, 9.17) is 15.7 Å². The summed E-state index contributed by atoms with van der Waals surface area (Å²) < 4.78 is 5.33. The molecule has 0 bridgehead atoms. The molecule has 1 aliphatic heterocycles. The lowest BCUT2D eigenvalue weighted by Crippen LogP contribution is -2.37.